The second kappa shape index (κ2) is 14.9. The van der Waals surface area contributed by atoms with E-state index >= 15 is 0 Å². The minimum Gasteiger partial charge on any atom is -0.418 e. The number of hydrogen-bond donors (Lipinski definition) is 0. The maximum atomic E-state index is 14.0. The fourth-order valence-corrected chi connectivity index (χ4v) is 6.36. The Labute approximate surface area is 284 Å². The van der Waals surface area contributed by atoms with E-state index in [2.05, 4.69) is 9.64 Å². The Morgan fingerprint density at radius 1 is 0.878 bits per heavy atom. The first kappa shape index (κ1) is 38.6. The van der Waals surface area contributed by atoms with E-state index in [1.165, 1.54) is 23.1 Å². The molecule has 0 aliphatic carbocycles. The second-order valence-electron chi connectivity index (χ2n) is 11.8. The van der Waals surface area contributed by atoms with Gasteiger partial charge in [0.25, 0.3) is 5.91 Å². The molecular formula is C31H30Cl2F9N3O4. The third-order valence-electron chi connectivity index (χ3n) is 8.59. The molecule has 0 unspecified atom stereocenters. The van der Waals surface area contributed by atoms with Gasteiger partial charge in [-0.2, -0.15) is 39.5 Å². The second-order valence-corrected chi connectivity index (χ2v) is 12.6. The number of alkyl halides is 9. The van der Waals surface area contributed by atoms with Gasteiger partial charge in [0, 0.05) is 45.1 Å². The fourth-order valence-electron chi connectivity index (χ4n) is 6.06. The third kappa shape index (κ3) is 9.31. The van der Waals surface area contributed by atoms with E-state index < -0.39 is 70.9 Å². The van der Waals surface area contributed by atoms with E-state index in [4.69, 9.17) is 23.2 Å². The topological polar surface area (TPSA) is 70.2 Å². The number of benzene rings is 2. The summed E-state index contributed by atoms with van der Waals surface area (Å²) in [7, 11) is 1.04. The lowest BCUT2D eigenvalue weighted by atomic mass is 9.84. The molecule has 2 saturated heterocycles. The molecule has 0 bridgehead atoms. The number of amides is 2. The monoisotopic (exact) mass is 749 g/mol. The Bertz CT molecular complexity index is 1560. The average molecular weight is 750 g/mol. The molecule has 2 amide bonds. The molecule has 18 heteroatoms. The van der Waals surface area contributed by atoms with Crippen LogP contribution in [0.3, 0.4) is 0 Å². The minimum atomic E-state index is -5.86. The number of carbonyl (C=O) groups excluding carboxylic acids is 3. The molecule has 0 aromatic heterocycles. The van der Waals surface area contributed by atoms with Crippen LogP contribution in [-0.4, -0.2) is 84.5 Å². The lowest BCUT2D eigenvalue weighted by Crippen LogP contribution is -2.52. The van der Waals surface area contributed by atoms with E-state index in [-0.39, 0.29) is 47.9 Å². The molecule has 49 heavy (non-hydrogen) atoms. The van der Waals surface area contributed by atoms with Crippen LogP contribution in [0.4, 0.5) is 39.5 Å². The quantitative estimate of drug-likeness (QED) is 0.164. The molecule has 2 aromatic carbocycles. The van der Waals surface area contributed by atoms with Crippen LogP contribution in [0.5, 0.6) is 5.75 Å². The normalized spacial score (nSPS) is 19.5. The highest BCUT2D eigenvalue weighted by Gasteiger charge is 2.47. The van der Waals surface area contributed by atoms with Crippen LogP contribution in [0.15, 0.2) is 30.3 Å². The summed E-state index contributed by atoms with van der Waals surface area (Å²) in [6, 6.07) is 2.71. The third-order valence-corrected chi connectivity index (χ3v) is 9.33. The fraction of sp³-hybridized carbons (Fsp3) is 0.516. The van der Waals surface area contributed by atoms with Crippen molar-refractivity contribution < 1.29 is 58.6 Å². The molecule has 270 valence electrons. The standard InChI is InChI=1S/C31H30Cl2F9N3O4/c1-43(27(47)19-14-18(29(34,35)36)15-21(30(37,38)39)26(19)49-28(48)31(40,41)42)24-7-12-45(25(46)8-11-44-9-3-2-4-10-44)16-20(24)17-5-6-22(32)23(33)13-17/h5-6,13-15,20,24H,2-4,7-12,16H2,1H3/t20-,24+/m0/s1. The predicted molar refractivity (Wildman–Crippen MR) is 159 cm³/mol. The van der Waals surface area contributed by atoms with Gasteiger partial charge in [0.1, 0.15) is 0 Å². The molecule has 2 aromatic rings. The summed E-state index contributed by atoms with van der Waals surface area (Å²) in [6.45, 7) is 2.18. The Morgan fingerprint density at radius 2 is 1.53 bits per heavy atom. The Morgan fingerprint density at radius 3 is 2.10 bits per heavy atom. The van der Waals surface area contributed by atoms with Crippen molar-refractivity contribution in [2.45, 2.75) is 62.6 Å². The van der Waals surface area contributed by atoms with Gasteiger partial charge in [0.05, 0.1) is 26.7 Å². The van der Waals surface area contributed by atoms with Crippen molar-refractivity contribution in [3.8, 4) is 5.75 Å². The highest BCUT2D eigenvalue weighted by atomic mass is 35.5. The Balaban J connectivity index is 1.73. The average Bonchev–Trinajstić information content (AvgIpc) is 3.03. The Kier molecular flexibility index (Phi) is 11.8. The van der Waals surface area contributed by atoms with Crippen LogP contribution in [0.2, 0.25) is 10.0 Å². The molecule has 0 saturated carbocycles. The summed E-state index contributed by atoms with van der Waals surface area (Å²) in [4.78, 5) is 43.2. The van der Waals surface area contributed by atoms with E-state index in [1.807, 2.05) is 0 Å². The van der Waals surface area contributed by atoms with E-state index in [9.17, 15) is 53.9 Å². The predicted octanol–water partition coefficient (Wildman–Crippen LogP) is 7.83. The van der Waals surface area contributed by atoms with Gasteiger partial charge < -0.3 is 19.4 Å². The molecular weight excluding hydrogens is 720 g/mol. The first-order valence-corrected chi connectivity index (χ1v) is 15.8. The lowest BCUT2D eigenvalue weighted by Gasteiger charge is -2.43. The van der Waals surface area contributed by atoms with Crippen LogP contribution in [0.25, 0.3) is 0 Å². The summed E-state index contributed by atoms with van der Waals surface area (Å²) < 4.78 is 126. The van der Waals surface area contributed by atoms with Gasteiger partial charge in [-0.25, -0.2) is 4.79 Å². The van der Waals surface area contributed by atoms with Crippen molar-refractivity contribution in [1.82, 2.24) is 14.7 Å². The van der Waals surface area contributed by atoms with Gasteiger partial charge in [-0.3, -0.25) is 9.59 Å². The van der Waals surface area contributed by atoms with E-state index in [0.717, 1.165) is 44.3 Å². The maximum Gasteiger partial charge on any atom is 0.491 e. The van der Waals surface area contributed by atoms with Crippen LogP contribution >= 0.6 is 23.2 Å². The number of rotatable bonds is 7. The highest BCUT2D eigenvalue weighted by Crippen LogP contribution is 2.44. The number of likely N-dealkylation sites (N-methyl/N-ethyl adjacent to an activating group) is 1. The van der Waals surface area contributed by atoms with E-state index in [0.29, 0.717) is 12.1 Å². The van der Waals surface area contributed by atoms with Crippen molar-refractivity contribution >= 4 is 41.0 Å². The summed E-state index contributed by atoms with van der Waals surface area (Å²) in [6.07, 6.45) is -13.9. The number of nitrogens with zero attached hydrogens (tertiary/aromatic N) is 3. The molecule has 4 rings (SSSR count). The minimum absolute atomic E-state index is 0.0330. The first-order valence-electron chi connectivity index (χ1n) is 15.0. The number of carbonyl (C=O) groups is 3. The van der Waals surface area contributed by atoms with Crippen LogP contribution < -0.4 is 4.74 Å². The summed E-state index contributed by atoms with van der Waals surface area (Å²) in [5.74, 6) is -7.86. The molecule has 0 spiro atoms. The Hall–Kier alpha value is -3.24. The summed E-state index contributed by atoms with van der Waals surface area (Å²) in [5, 5.41) is 0.228. The van der Waals surface area contributed by atoms with Gasteiger partial charge in [0.2, 0.25) is 5.91 Å². The molecule has 7 nitrogen and oxygen atoms in total. The molecule has 0 radical (unpaired) electrons. The van der Waals surface area contributed by atoms with Crippen LogP contribution in [0.1, 0.15) is 65.1 Å². The number of likely N-dealkylation sites (tertiary alicyclic amines) is 2. The first-order chi connectivity index (χ1) is 22.7. The van der Waals surface area contributed by atoms with Crippen LogP contribution in [-0.2, 0) is 21.9 Å². The zero-order chi connectivity index (χ0) is 36.5. The SMILES string of the molecule is CN(C(=O)c1cc(C(F)(F)F)cc(C(F)(F)F)c1OC(=O)C(F)(F)F)[C@@H]1CCN(C(=O)CCN2CCCCC2)C[C@H]1c1ccc(Cl)c(Cl)c1. The van der Waals surface area contributed by atoms with Gasteiger partial charge >= 0.3 is 24.5 Å². The maximum absolute atomic E-state index is 14.0. The van der Waals surface area contributed by atoms with Gasteiger partial charge in [0.15, 0.2) is 5.75 Å². The number of esters is 1. The van der Waals surface area contributed by atoms with Gasteiger partial charge in [-0.1, -0.05) is 35.7 Å². The largest absolute Gasteiger partial charge is 0.491 e. The highest BCUT2D eigenvalue weighted by molar-refractivity contribution is 6.42. The lowest BCUT2D eigenvalue weighted by molar-refractivity contribution is -0.190. The zero-order valence-corrected chi connectivity index (χ0v) is 27.3. The molecule has 2 atom stereocenters. The smallest absolute Gasteiger partial charge is 0.418 e. The van der Waals surface area contributed by atoms with Crippen molar-refractivity contribution in [2.24, 2.45) is 0 Å². The van der Waals surface area contributed by atoms with E-state index in [1.54, 1.807) is 0 Å². The zero-order valence-electron chi connectivity index (χ0n) is 25.7. The molecule has 2 aliphatic rings. The van der Waals surface area contributed by atoms with Crippen molar-refractivity contribution in [1.29, 1.82) is 0 Å². The van der Waals surface area contributed by atoms with Gasteiger partial charge in [-0.05, 0) is 62.2 Å². The number of ether oxygens (including phenoxy) is 1. The van der Waals surface area contributed by atoms with Crippen LogP contribution in [0, 0.1) is 0 Å². The summed E-state index contributed by atoms with van der Waals surface area (Å²) >= 11 is 12.3. The van der Waals surface area contributed by atoms with Crippen molar-refractivity contribution in [3.63, 3.8) is 0 Å². The number of piperidine rings is 2. The van der Waals surface area contributed by atoms with Crippen molar-refractivity contribution in [2.75, 3.05) is 39.8 Å². The number of halogens is 11. The van der Waals surface area contributed by atoms with Gasteiger partial charge in [-0.15, -0.1) is 0 Å². The molecule has 0 N–H and O–H groups in total. The molecule has 2 heterocycles. The molecule has 2 aliphatic heterocycles. The number of hydrogen-bond acceptors (Lipinski definition) is 5. The molecule has 2 fully saturated rings. The van der Waals surface area contributed by atoms with Crippen molar-refractivity contribution in [3.05, 3.63) is 62.6 Å². The summed E-state index contributed by atoms with van der Waals surface area (Å²) in [5.41, 5.74) is -5.59.